The second kappa shape index (κ2) is 5.40. The summed E-state index contributed by atoms with van der Waals surface area (Å²) in [5.74, 6) is -0.130. The molecule has 20 heavy (non-hydrogen) atoms. The number of aliphatic hydroxyl groups excluding tert-OH is 1. The standard InChI is InChI=1S/C13H15N5O2/c19-11-7-12(14-8-11)13(20)16-9-1-3-10(4-2-9)18-6-5-15-17-18/h1-6,11-12,14,19H,7-8H2,(H,16,20). The molecule has 1 aliphatic heterocycles. The Bertz CT molecular complexity index is 581. The SMILES string of the molecule is O=C(Nc1ccc(-n2ccnn2)cc1)C1CC(O)CN1. The quantitative estimate of drug-likeness (QED) is 0.728. The van der Waals surface area contributed by atoms with Crippen LogP contribution in [-0.2, 0) is 4.79 Å². The summed E-state index contributed by atoms with van der Waals surface area (Å²) in [6.07, 6.45) is 3.35. The number of hydrogen-bond acceptors (Lipinski definition) is 5. The van der Waals surface area contributed by atoms with Crippen LogP contribution in [0.15, 0.2) is 36.7 Å². The number of carbonyl (C=O) groups excluding carboxylic acids is 1. The maximum atomic E-state index is 12.0. The number of β-amino-alcohol motifs (C(OH)–C–C–N with tert-alkyl or cyclic N) is 1. The van der Waals surface area contributed by atoms with E-state index in [1.807, 2.05) is 12.1 Å². The molecule has 1 aromatic carbocycles. The van der Waals surface area contributed by atoms with E-state index in [9.17, 15) is 9.90 Å². The summed E-state index contributed by atoms with van der Waals surface area (Å²) >= 11 is 0. The lowest BCUT2D eigenvalue weighted by atomic mass is 10.2. The number of carbonyl (C=O) groups is 1. The summed E-state index contributed by atoms with van der Waals surface area (Å²) in [5, 5.41) is 22.8. The number of aromatic nitrogens is 3. The van der Waals surface area contributed by atoms with Crippen LogP contribution in [0.1, 0.15) is 6.42 Å². The largest absolute Gasteiger partial charge is 0.392 e. The number of amides is 1. The summed E-state index contributed by atoms with van der Waals surface area (Å²) in [4.78, 5) is 12.0. The van der Waals surface area contributed by atoms with E-state index >= 15 is 0 Å². The van der Waals surface area contributed by atoms with Crippen molar-refractivity contribution < 1.29 is 9.90 Å². The van der Waals surface area contributed by atoms with Gasteiger partial charge in [-0.3, -0.25) is 4.79 Å². The number of aliphatic hydroxyl groups is 1. The minimum absolute atomic E-state index is 0.130. The van der Waals surface area contributed by atoms with Gasteiger partial charge in [0.1, 0.15) is 0 Å². The second-order valence-electron chi connectivity index (χ2n) is 4.73. The number of nitrogens with one attached hydrogen (secondary N) is 2. The van der Waals surface area contributed by atoms with E-state index in [2.05, 4.69) is 20.9 Å². The van der Waals surface area contributed by atoms with E-state index in [1.54, 1.807) is 29.2 Å². The smallest absolute Gasteiger partial charge is 0.241 e. The van der Waals surface area contributed by atoms with E-state index in [-0.39, 0.29) is 11.9 Å². The van der Waals surface area contributed by atoms with Crippen LogP contribution in [0.25, 0.3) is 5.69 Å². The monoisotopic (exact) mass is 273 g/mol. The van der Waals surface area contributed by atoms with E-state index < -0.39 is 6.10 Å². The van der Waals surface area contributed by atoms with Crippen molar-refractivity contribution >= 4 is 11.6 Å². The van der Waals surface area contributed by atoms with E-state index in [0.29, 0.717) is 18.7 Å². The first kappa shape index (κ1) is 12.8. The first-order chi connectivity index (χ1) is 9.72. The Hall–Kier alpha value is -2.25. The van der Waals surface area contributed by atoms with Crippen LogP contribution in [0.4, 0.5) is 5.69 Å². The van der Waals surface area contributed by atoms with Crippen molar-refractivity contribution in [3.8, 4) is 5.69 Å². The Morgan fingerprint density at radius 1 is 1.40 bits per heavy atom. The van der Waals surface area contributed by atoms with Crippen LogP contribution in [0.2, 0.25) is 0 Å². The zero-order valence-electron chi connectivity index (χ0n) is 10.7. The van der Waals surface area contributed by atoms with Crippen molar-refractivity contribution in [3.63, 3.8) is 0 Å². The Morgan fingerprint density at radius 3 is 2.80 bits per heavy atom. The Labute approximate surface area is 115 Å². The molecule has 7 heteroatoms. The normalized spacial score (nSPS) is 21.9. The van der Waals surface area contributed by atoms with Gasteiger partial charge in [-0.25, -0.2) is 4.68 Å². The molecule has 0 aliphatic carbocycles. The maximum Gasteiger partial charge on any atom is 0.241 e. The van der Waals surface area contributed by atoms with Crippen LogP contribution < -0.4 is 10.6 Å². The molecule has 2 aromatic rings. The highest BCUT2D eigenvalue weighted by atomic mass is 16.3. The van der Waals surface area contributed by atoms with Gasteiger partial charge < -0.3 is 15.7 Å². The van der Waals surface area contributed by atoms with Gasteiger partial charge in [-0.05, 0) is 30.7 Å². The lowest BCUT2D eigenvalue weighted by Gasteiger charge is -2.11. The third-order valence-corrected chi connectivity index (χ3v) is 3.25. The molecule has 1 aliphatic rings. The Morgan fingerprint density at radius 2 is 2.20 bits per heavy atom. The molecular weight excluding hydrogens is 258 g/mol. The molecular formula is C13H15N5O2. The predicted octanol–water partition coefficient (Wildman–Crippen LogP) is -0.0714. The third kappa shape index (κ3) is 2.68. The fourth-order valence-electron chi connectivity index (χ4n) is 2.19. The highest BCUT2D eigenvalue weighted by molar-refractivity contribution is 5.95. The van der Waals surface area contributed by atoms with Crippen LogP contribution in [0.5, 0.6) is 0 Å². The zero-order valence-corrected chi connectivity index (χ0v) is 10.7. The van der Waals surface area contributed by atoms with Gasteiger partial charge in [-0.15, -0.1) is 5.10 Å². The van der Waals surface area contributed by atoms with Gasteiger partial charge in [0, 0.05) is 12.2 Å². The maximum absolute atomic E-state index is 12.0. The van der Waals surface area contributed by atoms with Crippen LogP contribution >= 0.6 is 0 Å². The molecule has 2 unspecified atom stereocenters. The topological polar surface area (TPSA) is 92.1 Å². The molecule has 3 rings (SSSR count). The molecule has 104 valence electrons. The highest BCUT2D eigenvalue weighted by Crippen LogP contribution is 2.14. The number of rotatable bonds is 3. The predicted molar refractivity (Wildman–Crippen MR) is 72.4 cm³/mol. The van der Waals surface area contributed by atoms with Gasteiger partial charge in [-0.1, -0.05) is 5.21 Å². The second-order valence-corrected chi connectivity index (χ2v) is 4.73. The molecule has 0 spiro atoms. The van der Waals surface area contributed by atoms with Crippen molar-refractivity contribution in [3.05, 3.63) is 36.7 Å². The Balaban J connectivity index is 1.65. The van der Waals surface area contributed by atoms with Gasteiger partial charge in [0.2, 0.25) is 5.91 Å². The van der Waals surface area contributed by atoms with Crippen LogP contribution in [0.3, 0.4) is 0 Å². The van der Waals surface area contributed by atoms with Crippen molar-refractivity contribution in [1.29, 1.82) is 0 Å². The lowest BCUT2D eigenvalue weighted by Crippen LogP contribution is -2.35. The third-order valence-electron chi connectivity index (χ3n) is 3.25. The van der Waals surface area contributed by atoms with Crippen molar-refractivity contribution in [2.45, 2.75) is 18.6 Å². The molecule has 1 fully saturated rings. The zero-order chi connectivity index (χ0) is 13.9. The van der Waals surface area contributed by atoms with Gasteiger partial charge in [0.15, 0.2) is 0 Å². The minimum Gasteiger partial charge on any atom is -0.392 e. The first-order valence-corrected chi connectivity index (χ1v) is 6.41. The van der Waals surface area contributed by atoms with Gasteiger partial charge >= 0.3 is 0 Å². The molecule has 1 amide bonds. The first-order valence-electron chi connectivity index (χ1n) is 6.41. The number of benzene rings is 1. The highest BCUT2D eigenvalue weighted by Gasteiger charge is 2.27. The molecule has 1 aromatic heterocycles. The van der Waals surface area contributed by atoms with Gasteiger partial charge in [0.25, 0.3) is 0 Å². The number of anilines is 1. The molecule has 0 radical (unpaired) electrons. The molecule has 0 saturated carbocycles. The fourth-order valence-corrected chi connectivity index (χ4v) is 2.19. The van der Waals surface area contributed by atoms with Crippen molar-refractivity contribution in [2.24, 2.45) is 0 Å². The molecule has 0 bridgehead atoms. The van der Waals surface area contributed by atoms with Crippen molar-refractivity contribution in [1.82, 2.24) is 20.3 Å². The molecule has 7 nitrogen and oxygen atoms in total. The van der Waals surface area contributed by atoms with E-state index in [4.69, 9.17) is 0 Å². The lowest BCUT2D eigenvalue weighted by molar-refractivity contribution is -0.117. The van der Waals surface area contributed by atoms with E-state index in [0.717, 1.165) is 5.69 Å². The van der Waals surface area contributed by atoms with Crippen LogP contribution in [0, 0.1) is 0 Å². The molecule has 1 saturated heterocycles. The molecule has 2 atom stereocenters. The van der Waals surface area contributed by atoms with Gasteiger partial charge in [0.05, 0.1) is 30.2 Å². The summed E-state index contributed by atoms with van der Waals surface area (Å²) in [5.41, 5.74) is 1.58. The summed E-state index contributed by atoms with van der Waals surface area (Å²) in [6, 6.07) is 6.98. The summed E-state index contributed by atoms with van der Waals surface area (Å²) in [6.45, 7) is 0.462. The Kier molecular flexibility index (Phi) is 3.44. The number of hydrogen-bond donors (Lipinski definition) is 3. The van der Waals surface area contributed by atoms with Crippen LogP contribution in [-0.4, -0.2) is 44.7 Å². The number of nitrogens with zero attached hydrogens (tertiary/aromatic N) is 3. The summed E-state index contributed by atoms with van der Waals surface area (Å²) in [7, 11) is 0. The average Bonchev–Trinajstić information content (AvgIpc) is 3.10. The fraction of sp³-hybridized carbons (Fsp3) is 0.308. The summed E-state index contributed by atoms with van der Waals surface area (Å²) < 4.78 is 1.64. The molecule has 2 heterocycles. The van der Waals surface area contributed by atoms with Crippen molar-refractivity contribution in [2.75, 3.05) is 11.9 Å². The van der Waals surface area contributed by atoms with E-state index in [1.165, 1.54) is 0 Å². The molecule has 3 N–H and O–H groups in total. The average molecular weight is 273 g/mol. The van der Waals surface area contributed by atoms with Gasteiger partial charge in [-0.2, -0.15) is 0 Å². The minimum atomic E-state index is -0.444.